The van der Waals surface area contributed by atoms with E-state index in [2.05, 4.69) is 5.32 Å². The number of fused-ring (bicyclic) bond motifs is 1. The number of nitrogens with two attached hydrogens (primary N) is 1. The van der Waals surface area contributed by atoms with Gasteiger partial charge in [-0.15, -0.1) is 0 Å². The number of piperidine rings is 1. The van der Waals surface area contributed by atoms with Crippen LogP contribution < -0.4 is 15.8 Å². The third kappa shape index (κ3) is 6.41. The average molecular weight is 486 g/mol. The average Bonchev–Trinajstić information content (AvgIpc) is 3.20. The van der Waals surface area contributed by atoms with Crippen molar-refractivity contribution in [1.29, 1.82) is 0 Å². The molecule has 192 valence electrons. The van der Waals surface area contributed by atoms with E-state index in [1.807, 2.05) is 12.1 Å². The van der Waals surface area contributed by atoms with Gasteiger partial charge in [-0.1, -0.05) is 6.42 Å². The van der Waals surface area contributed by atoms with Crippen molar-refractivity contribution in [3.63, 3.8) is 0 Å². The lowest BCUT2D eigenvalue weighted by Gasteiger charge is -2.29. The van der Waals surface area contributed by atoms with Crippen molar-refractivity contribution in [3.8, 4) is 5.75 Å². The molecule has 8 nitrogen and oxygen atoms in total. The summed E-state index contributed by atoms with van der Waals surface area (Å²) >= 11 is 0. The lowest BCUT2D eigenvalue weighted by Crippen LogP contribution is -2.52. The molecule has 35 heavy (non-hydrogen) atoms. The van der Waals surface area contributed by atoms with Crippen molar-refractivity contribution in [2.75, 3.05) is 13.7 Å². The number of amides is 3. The molecule has 3 N–H and O–H groups in total. The maximum Gasteiger partial charge on any atom is 0.255 e. The summed E-state index contributed by atoms with van der Waals surface area (Å²) in [6.07, 6.45) is 12.2. The molecule has 0 aromatic heterocycles. The third-order valence-corrected chi connectivity index (χ3v) is 7.81. The molecule has 3 amide bonds. The van der Waals surface area contributed by atoms with Crippen LogP contribution in [0.15, 0.2) is 18.2 Å². The summed E-state index contributed by atoms with van der Waals surface area (Å²) in [5.74, 6) is 0.772. The Morgan fingerprint density at radius 3 is 2.37 bits per heavy atom. The van der Waals surface area contributed by atoms with E-state index in [1.165, 1.54) is 44.9 Å². The maximum atomic E-state index is 12.6. The number of hydrogen-bond acceptors (Lipinski definition) is 6. The van der Waals surface area contributed by atoms with Crippen LogP contribution in [0.25, 0.3) is 0 Å². The van der Waals surface area contributed by atoms with Crippen LogP contribution in [0.5, 0.6) is 5.75 Å². The van der Waals surface area contributed by atoms with Crippen LogP contribution >= 0.6 is 0 Å². The monoisotopic (exact) mass is 485 g/mol. The van der Waals surface area contributed by atoms with Gasteiger partial charge in [-0.3, -0.25) is 19.7 Å². The number of methoxy groups -OCH3 is 1. The van der Waals surface area contributed by atoms with E-state index < -0.39 is 6.04 Å². The van der Waals surface area contributed by atoms with Crippen molar-refractivity contribution in [2.24, 2.45) is 11.7 Å². The minimum Gasteiger partial charge on any atom is -0.490 e. The zero-order valence-electron chi connectivity index (χ0n) is 20.8. The summed E-state index contributed by atoms with van der Waals surface area (Å²) in [6, 6.07) is 5.00. The highest BCUT2D eigenvalue weighted by atomic mass is 16.5. The molecule has 2 aliphatic carbocycles. The first kappa shape index (κ1) is 25.6. The molecule has 1 unspecified atom stereocenters. The van der Waals surface area contributed by atoms with Gasteiger partial charge in [0, 0.05) is 25.6 Å². The fourth-order valence-corrected chi connectivity index (χ4v) is 5.60. The van der Waals surface area contributed by atoms with Crippen LogP contribution in [0.1, 0.15) is 86.6 Å². The molecule has 1 atom stereocenters. The molecule has 0 bridgehead atoms. The topological polar surface area (TPSA) is 111 Å². The summed E-state index contributed by atoms with van der Waals surface area (Å²) in [5, 5.41) is 2.32. The second-order valence-electron chi connectivity index (χ2n) is 10.2. The summed E-state index contributed by atoms with van der Waals surface area (Å²) in [6.45, 7) is 1.25. The largest absolute Gasteiger partial charge is 0.490 e. The van der Waals surface area contributed by atoms with E-state index >= 15 is 0 Å². The number of ether oxygens (including phenoxy) is 2. The summed E-state index contributed by atoms with van der Waals surface area (Å²) in [5.41, 5.74) is 7.07. The molecule has 8 heteroatoms. The molecule has 1 aromatic rings. The molecule has 4 aliphatic rings. The van der Waals surface area contributed by atoms with Crippen LogP contribution in [0.2, 0.25) is 0 Å². The number of nitrogens with zero attached hydrogens (tertiary/aromatic N) is 1. The molecule has 2 heterocycles. The van der Waals surface area contributed by atoms with Gasteiger partial charge in [0.15, 0.2) is 0 Å². The van der Waals surface area contributed by atoms with Crippen molar-refractivity contribution in [2.45, 2.75) is 95.4 Å². The van der Waals surface area contributed by atoms with E-state index in [4.69, 9.17) is 15.2 Å². The quantitative estimate of drug-likeness (QED) is 0.619. The van der Waals surface area contributed by atoms with Crippen LogP contribution in [0.3, 0.4) is 0 Å². The van der Waals surface area contributed by atoms with Gasteiger partial charge >= 0.3 is 0 Å². The summed E-state index contributed by atoms with van der Waals surface area (Å²) in [4.78, 5) is 37.6. The van der Waals surface area contributed by atoms with Gasteiger partial charge in [0.05, 0.1) is 12.2 Å². The Morgan fingerprint density at radius 2 is 1.71 bits per heavy atom. The summed E-state index contributed by atoms with van der Waals surface area (Å²) in [7, 11) is 1.80. The van der Waals surface area contributed by atoms with E-state index in [0.717, 1.165) is 36.6 Å². The standard InChI is InChI=1S/C19H22N2O4.C8H17NO/c22-17-9-8-16(18(23)20-17)21-11-12-10-14(6-7-15(12)19(21)24)25-13-4-2-1-3-5-13;1-10-8-4-2-7(6-9)3-5-8/h6-7,10,13,16H,1-5,8-9,11H2,(H,20,22,23);7-8H,2-6,9H2,1H3. The Morgan fingerprint density at radius 1 is 0.971 bits per heavy atom. The molecular weight excluding hydrogens is 446 g/mol. The van der Waals surface area contributed by atoms with Crippen molar-refractivity contribution in [3.05, 3.63) is 29.3 Å². The van der Waals surface area contributed by atoms with Crippen molar-refractivity contribution >= 4 is 17.7 Å². The predicted molar refractivity (Wildman–Crippen MR) is 132 cm³/mol. The molecule has 1 saturated heterocycles. The van der Waals surface area contributed by atoms with Gasteiger partial charge in [0.2, 0.25) is 11.8 Å². The van der Waals surface area contributed by atoms with Crippen LogP contribution in [-0.4, -0.2) is 54.5 Å². The molecule has 0 spiro atoms. The first-order valence-corrected chi connectivity index (χ1v) is 13.2. The van der Waals surface area contributed by atoms with Crippen molar-refractivity contribution in [1.82, 2.24) is 10.2 Å². The van der Waals surface area contributed by atoms with Gasteiger partial charge in [-0.25, -0.2) is 0 Å². The van der Waals surface area contributed by atoms with E-state index in [9.17, 15) is 14.4 Å². The second kappa shape index (κ2) is 12.0. The van der Waals surface area contributed by atoms with Crippen molar-refractivity contribution < 1.29 is 23.9 Å². The van der Waals surface area contributed by atoms with Gasteiger partial charge < -0.3 is 20.1 Å². The smallest absolute Gasteiger partial charge is 0.255 e. The SMILES string of the molecule is COC1CCC(CN)CC1.O=C1CCC(N2Cc3cc(OC4CCCCC4)ccc3C2=O)C(=O)N1. The Labute approximate surface area is 207 Å². The van der Waals surface area contributed by atoms with Gasteiger partial charge in [-0.2, -0.15) is 0 Å². The van der Waals surface area contributed by atoms with Crippen LogP contribution in [-0.2, 0) is 20.9 Å². The van der Waals surface area contributed by atoms with Gasteiger partial charge in [0.25, 0.3) is 5.91 Å². The first-order chi connectivity index (χ1) is 17.0. The summed E-state index contributed by atoms with van der Waals surface area (Å²) < 4.78 is 11.3. The highest BCUT2D eigenvalue weighted by Gasteiger charge is 2.39. The maximum absolute atomic E-state index is 12.6. The number of imide groups is 1. The Kier molecular flexibility index (Phi) is 8.78. The lowest BCUT2D eigenvalue weighted by atomic mass is 9.87. The Hall–Kier alpha value is -2.45. The number of benzene rings is 1. The van der Waals surface area contributed by atoms with Gasteiger partial charge in [0.1, 0.15) is 11.8 Å². The molecule has 2 aliphatic heterocycles. The number of hydrogen-bond donors (Lipinski definition) is 2. The molecule has 0 radical (unpaired) electrons. The fraction of sp³-hybridized carbons (Fsp3) is 0.667. The number of rotatable bonds is 5. The minimum atomic E-state index is -0.569. The lowest BCUT2D eigenvalue weighted by molar-refractivity contribution is -0.136. The van der Waals surface area contributed by atoms with E-state index in [0.29, 0.717) is 24.6 Å². The zero-order valence-corrected chi connectivity index (χ0v) is 20.8. The molecule has 2 saturated carbocycles. The Bertz CT molecular complexity index is 894. The molecule has 3 fully saturated rings. The predicted octanol–water partition coefficient (Wildman–Crippen LogP) is 3.31. The van der Waals surface area contributed by atoms with Crippen LogP contribution in [0.4, 0.5) is 0 Å². The van der Waals surface area contributed by atoms with E-state index in [-0.39, 0.29) is 30.2 Å². The third-order valence-electron chi connectivity index (χ3n) is 7.81. The molecular formula is C27H39N3O5. The Balaban J connectivity index is 0.000000243. The minimum absolute atomic E-state index is 0.145. The highest BCUT2D eigenvalue weighted by molar-refractivity contribution is 6.05. The second-order valence-corrected chi connectivity index (χ2v) is 10.2. The molecule has 5 rings (SSSR count). The van der Waals surface area contributed by atoms with E-state index in [1.54, 1.807) is 18.1 Å². The molecule has 1 aromatic carbocycles. The number of nitrogens with one attached hydrogen (secondary N) is 1. The number of carbonyl (C=O) groups excluding carboxylic acids is 3. The fourth-order valence-electron chi connectivity index (χ4n) is 5.60. The van der Waals surface area contributed by atoms with Crippen LogP contribution in [0, 0.1) is 5.92 Å². The number of carbonyl (C=O) groups is 3. The first-order valence-electron chi connectivity index (χ1n) is 13.2. The van der Waals surface area contributed by atoms with Gasteiger partial charge in [-0.05, 0) is 94.0 Å². The zero-order chi connectivity index (χ0) is 24.8. The highest BCUT2D eigenvalue weighted by Crippen LogP contribution is 2.31. The normalized spacial score (nSPS) is 27.1.